The minimum absolute atomic E-state index is 0.00206. The number of nitrogens with zero attached hydrogens (tertiary/aromatic N) is 2. The van der Waals surface area contributed by atoms with Crippen molar-refractivity contribution in [3.63, 3.8) is 0 Å². The summed E-state index contributed by atoms with van der Waals surface area (Å²) < 4.78 is 11.6. The van der Waals surface area contributed by atoms with E-state index in [0.717, 1.165) is 31.2 Å². The van der Waals surface area contributed by atoms with Crippen molar-refractivity contribution >= 4 is 23.2 Å². The number of carbonyl (C=O) groups excluding carboxylic acids is 2. The highest BCUT2D eigenvalue weighted by molar-refractivity contribution is 7.10. The lowest BCUT2D eigenvalue weighted by Crippen LogP contribution is -2.48. The lowest BCUT2D eigenvalue weighted by Gasteiger charge is -2.37. The molecule has 1 fully saturated rings. The zero-order chi connectivity index (χ0) is 23.4. The molecule has 6 nitrogen and oxygen atoms in total. The maximum atomic E-state index is 13.6. The van der Waals surface area contributed by atoms with Crippen molar-refractivity contribution in [1.29, 1.82) is 0 Å². The van der Waals surface area contributed by atoms with Crippen LogP contribution in [0.25, 0.3) is 0 Å². The Bertz CT molecular complexity index is 971. The summed E-state index contributed by atoms with van der Waals surface area (Å²) in [6, 6.07) is 9.48. The van der Waals surface area contributed by atoms with E-state index in [1.54, 1.807) is 23.3 Å². The van der Waals surface area contributed by atoms with Gasteiger partial charge in [-0.1, -0.05) is 32.4 Å². The van der Waals surface area contributed by atoms with Gasteiger partial charge in [0.05, 0.1) is 19.7 Å². The molecule has 0 spiro atoms. The molecule has 2 aromatic rings. The molecule has 0 N–H and O–H groups in total. The fourth-order valence-electron chi connectivity index (χ4n) is 4.36. The van der Waals surface area contributed by atoms with Gasteiger partial charge in [-0.25, -0.2) is 0 Å². The van der Waals surface area contributed by atoms with Crippen LogP contribution in [-0.4, -0.2) is 55.0 Å². The first-order valence-electron chi connectivity index (χ1n) is 11.9. The number of fused-ring (bicyclic) bond motifs is 1. The normalized spacial score (nSPS) is 18.4. The van der Waals surface area contributed by atoms with Gasteiger partial charge < -0.3 is 19.3 Å². The Hall–Kier alpha value is -2.54. The number of hydrogen-bond donors (Lipinski definition) is 0. The maximum Gasteiger partial charge on any atom is 0.242 e. The van der Waals surface area contributed by atoms with Crippen LogP contribution < -0.4 is 9.47 Å². The number of methoxy groups -OCH3 is 1. The average molecular weight is 471 g/mol. The van der Waals surface area contributed by atoms with Gasteiger partial charge in [0.25, 0.3) is 0 Å². The summed E-state index contributed by atoms with van der Waals surface area (Å²) in [5.41, 5.74) is 1.15. The third kappa shape index (κ3) is 5.52. The Morgan fingerprint density at radius 3 is 2.67 bits per heavy atom. The van der Waals surface area contributed by atoms with E-state index >= 15 is 0 Å². The van der Waals surface area contributed by atoms with Crippen molar-refractivity contribution in [2.75, 3.05) is 33.4 Å². The zero-order valence-electron chi connectivity index (χ0n) is 19.8. The predicted molar refractivity (Wildman–Crippen MR) is 130 cm³/mol. The van der Waals surface area contributed by atoms with Gasteiger partial charge in [0.1, 0.15) is 6.61 Å². The molecule has 0 unspecified atom stereocenters. The standard InChI is InChI=1S/C26H34N2O4S/c1-4-18(2)15-27(26(30)19-9-10-19)16-25(29)28-13-11-24-20(12-14-33-24)21(28)17-32-23-8-6-5-7-22(23)31-3/h5-8,12,14,18-19,21H,4,9-11,13,15-17H2,1-3H3/t18-,21+/m0/s1. The van der Waals surface area contributed by atoms with Gasteiger partial charge in [0, 0.05) is 23.9 Å². The quantitative estimate of drug-likeness (QED) is 0.511. The van der Waals surface area contributed by atoms with Gasteiger partial charge in [0.15, 0.2) is 11.5 Å². The van der Waals surface area contributed by atoms with E-state index in [0.29, 0.717) is 37.1 Å². The lowest BCUT2D eigenvalue weighted by molar-refractivity contribution is -0.143. The molecule has 0 bridgehead atoms. The number of benzene rings is 1. The van der Waals surface area contributed by atoms with Crippen molar-refractivity contribution in [3.05, 3.63) is 46.2 Å². The van der Waals surface area contributed by atoms with Gasteiger partial charge in [0.2, 0.25) is 11.8 Å². The van der Waals surface area contributed by atoms with Crippen molar-refractivity contribution in [1.82, 2.24) is 9.80 Å². The van der Waals surface area contributed by atoms with Crippen LogP contribution in [0.1, 0.15) is 49.6 Å². The summed E-state index contributed by atoms with van der Waals surface area (Å²) in [5.74, 6) is 1.95. The van der Waals surface area contributed by atoms with Crippen molar-refractivity contribution in [3.8, 4) is 11.5 Å². The minimum Gasteiger partial charge on any atom is -0.493 e. The molecule has 1 aromatic heterocycles. The monoisotopic (exact) mass is 470 g/mol. The summed E-state index contributed by atoms with van der Waals surface area (Å²) in [6.07, 6.45) is 3.72. The number of thiophene rings is 1. The largest absolute Gasteiger partial charge is 0.493 e. The molecule has 2 aliphatic rings. The first-order chi connectivity index (χ1) is 16.0. The van der Waals surface area contributed by atoms with Crippen molar-refractivity contribution < 1.29 is 19.1 Å². The second kappa shape index (κ2) is 10.6. The fraction of sp³-hybridized carbons (Fsp3) is 0.538. The van der Waals surface area contributed by atoms with E-state index in [9.17, 15) is 9.59 Å². The second-order valence-electron chi connectivity index (χ2n) is 9.12. The van der Waals surface area contributed by atoms with Crippen LogP contribution in [0, 0.1) is 11.8 Å². The molecule has 0 radical (unpaired) electrons. The first-order valence-corrected chi connectivity index (χ1v) is 12.8. The van der Waals surface area contributed by atoms with Crippen LogP contribution in [0.15, 0.2) is 35.7 Å². The number of para-hydroxylation sites is 2. The highest BCUT2D eigenvalue weighted by Gasteiger charge is 2.37. The van der Waals surface area contributed by atoms with Gasteiger partial charge in [-0.3, -0.25) is 9.59 Å². The Morgan fingerprint density at radius 2 is 1.97 bits per heavy atom. The number of carbonyl (C=O) groups is 2. The van der Waals surface area contributed by atoms with E-state index < -0.39 is 0 Å². The highest BCUT2D eigenvalue weighted by Crippen LogP contribution is 2.36. The number of hydrogen-bond acceptors (Lipinski definition) is 5. The van der Waals surface area contributed by atoms with Gasteiger partial charge in [-0.05, 0) is 54.3 Å². The van der Waals surface area contributed by atoms with Crippen LogP contribution in [-0.2, 0) is 16.0 Å². The summed E-state index contributed by atoms with van der Waals surface area (Å²) in [5, 5.41) is 2.08. The number of amides is 2. The first kappa shape index (κ1) is 23.6. The smallest absolute Gasteiger partial charge is 0.242 e. The third-order valence-electron chi connectivity index (χ3n) is 6.67. The van der Waals surface area contributed by atoms with Crippen molar-refractivity contribution in [2.24, 2.45) is 11.8 Å². The molecule has 1 aliphatic heterocycles. The summed E-state index contributed by atoms with van der Waals surface area (Å²) in [6.45, 7) is 6.03. The maximum absolute atomic E-state index is 13.6. The topological polar surface area (TPSA) is 59.1 Å². The van der Waals surface area contributed by atoms with Crippen molar-refractivity contribution in [2.45, 2.75) is 45.6 Å². The third-order valence-corrected chi connectivity index (χ3v) is 7.67. The van der Waals surface area contributed by atoms with Crippen LogP contribution in [0.4, 0.5) is 0 Å². The molecule has 7 heteroatoms. The predicted octanol–water partition coefficient (Wildman–Crippen LogP) is 4.55. The van der Waals surface area contributed by atoms with E-state index in [1.807, 2.05) is 29.2 Å². The van der Waals surface area contributed by atoms with E-state index in [-0.39, 0.29) is 30.3 Å². The van der Waals surface area contributed by atoms with Crippen LogP contribution in [0.5, 0.6) is 11.5 Å². The Labute approximate surface area is 200 Å². The Morgan fingerprint density at radius 1 is 1.21 bits per heavy atom. The summed E-state index contributed by atoms with van der Waals surface area (Å²) >= 11 is 1.73. The van der Waals surface area contributed by atoms with Gasteiger partial charge in [-0.2, -0.15) is 0 Å². The van der Waals surface area contributed by atoms with Gasteiger partial charge in [-0.15, -0.1) is 11.3 Å². The van der Waals surface area contributed by atoms with Gasteiger partial charge >= 0.3 is 0 Å². The number of ether oxygens (including phenoxy) is 2. The zero-order valence-corrected chi connectivity index (χ0v) is 20.6. The molecule has 178 valence electrons. The van der Waals surface area contributed by atoms with E-state index in [2.05, 4.69) is 25.3 Å². The molecular weight excluding hydrogens is 436 g/mol. The Balaban J connectivity index is 1.51. The fourth-order valence-corrected chi connectivity index (χ4v) is 5.29. The highest BCUT2D eigenvalue weighted by atomic mass is 32.1. The molecule has 4 rings (SSSR count). The molecule has 1 aromatic carbocycles. The molecule has 2 heterocycles. The minimum atomic E-state index is -0.182. The molecule has 2 atom stereocenters. The molecule has 2 amide bonds. The molecule has 33 heavy (non-hydrogen) atoms. The van der Waals surface area contributed by atoms with Crippen LogP contribution in [0.3, 0.4) is 0 Å². The molecular formula is C26H34N2O4S. The SMILES string of the molecule is CC[C@H](C)CN(CC(=O)N1CCc2sccc2[C@H]1COc1ccccc1OC)C(=O)C1CC1. The lowest BCUT2D eigenvalue weighted by atomic mass is 10.00. The molecule has 1 saturated carbocycles. The Kier molecular flexibility index (Phi) is 7.58. The summed E-state index contributed by atoms with van der Waals surface area (Å²) in [7, 11) is 1.62. The van der Waals surface area contributed by atoms with E-state index in [1.165, 1.54) is 4.88 Å². The van der Waals surface area contributed by atoms with Crippen LogP contribution >= 0.6 is 11.3 Å². The van der Waals surface area contributed by atoms with E-state index in [4.69, 9.17) is 9.47 Å². The number of rotatable bonds is 10. The molecule has 1 aliphatic carbocycles. The second-order valence-corrected chi connectivity index (χ2v) is 10.1. The molecule has 0 saturated heterocycles. The average Bonchev–Trinajstić information content (AvgIpc) is 3.58. The van der Waals surface area contributed by atoms with Crippen LogP contribution in [0.2, 0.25) is 0 Å². The summed E-state index contributed by atoms with van der Waals surface area (Å²) in [4.78, 5) is 31.5.